The van der Waals surface area contributed by atoms with Crippen molar-refractivity contribution in [3.05, 3.63) is 28.2 Å². The minimum atomic E-state index is 0.0451. The molecule has 0 atom stereocenters. The molecule has 1 aromatic rings. The van der Waals surface area contributed by atoms with Gasteiger partial charge in [-0.2, -0.15) is 0 Å². The molecular formula is C7H5Cl3O. The Labute approximate surface area is 79.8 Å². The Morgan fingerprint density at radius 3 is 2.18 bits per heavy atom. The van der Waals surface area contributed by atoms with E-state index in [0.29, 0.717) is 15.8 Å². The Bertz CT molecular complexity index is 229. The van der Waals surface area contributed by atoms with Gasteiger partial charge in [-0.3, -0.25) is 0 Å². The highest BCUT2D eigenvalue weighted by Gasteiger charge is 2.04. The molecule has 0 spiro atoms. The van der Waals surface area contributed by atoms with Gasteiger partial charge in [0.05, 0.1) is 10.0 Å². The minimum absolute atomic E-state index is 0.0451. The van der Waals surface area contributed by atoms with Crippen molar-refractivity contribution in [3.8, 4) is 5.75 Å². The second-order valence-corrected chi connectivity index (χ2v) is 2.84. The van der Waals surface area contributed by atoms with Crippen molar-refractivity contribution in [2.24, 2.45) is 0 Å². The lowest BCUT2D eigenvalue weighted by atomic mass is 10.3. The van der Waals surface area contributed by atoms with E-state index in [-0.39, 0.29) is 6.07 Å². The zero-order valence-corrected chi connectivity index (χ0v) is 7.75. The lowest BCUT2D eigenvalue weighted by molar-refractivity contribution is 0.388. The molecule has 0 aromatic heterocycles. The first-order chi connectivity index (χ1) is 5.25. The van der Waals surface area contributed by atoms with Crippen molar-refractivity contribution in [3.63, 3.8) is 0 Å². The standard InChI is InChI=1S/C7H5Cl3O/c8-4-11-7-5(9)2-1-3-6(7)10/h1-3H,4H2. The maximum atomic E-state index is 5.74. The molecule has 0 fully saturated rings. The summed E-state index contributed by atoms with van der Waals surface area (Å²) < 4.78 is 4.97. The van der Waals surface area contributed by atoms with Crippen LogP contribution in [0.2, 0.25) is 10.0 Å². The molecule has 0 saturated heterocycles. The van der Waals surface area contributed by atoms with Gasteiger partial charge in [-0.25, -0.2) is 0 Å². The fourth-order valence-electron chi connectivity index (χ4n) is 0.675. The SMILES string of the molecule is ClCOc1c(Cl)cccc1Cl. The Morgan fingerprint density at radius 2 is 1.73 bits per heavy atom. The van der Waals surface area contributed by atoms with Crippen molar-refractivity contribution in [1.29, 1.82) is 0 Å². The van der Waals surface area contributed by atoms with Gasteiger partial charge in [-0.15, -0.1) is 0 Å². The third-order valence-electron chi connectivity index (χ3n) is 1.12. The van der Waals surface area contributed by atoms with E-state index in [9.17, 15) is 0 Å². The van der Waals surface area contributed by atoms with Crippen LogP contribution in [0, 0.1) is 0 Å². The van der Waals surface area contributed by atoms with Crippen molar-refractivity contribution >= 4 is 34.8 Å². The highest BCUT2D eigenvalue weighted by atomic mass is 35.5. The van der Waals surface area contributed by atoms with Crippen molar-refractivity contribution in [1.82, 2.24) is 0 Å². The molecule has 0 aliphatic rings. The number of halogens is 3. The third-order valence-corrected chi connectivity index (χ3v) is 1.82. The number of hydrogen-bond acceptors (Lipinski definition) is 1. The van der Waals surface area contributed by atoms with Crippen LogP contribution in [0.1, 0.15) is 0 Å². The Kier molecular flexibility index (Phi) is 3.31. The molecule has 4 heteroatoms. The summed E-state index contributed by atoms with van der Waals surface area (Å²) >= 11 is 16.8. The van der Waals surface area contributed by atoms with Crippen LogP contribution in [0.4, 0.5) is 0 Å². The van der Waals surface area contributed by atoms with Crippen LogP contribution in [-0.2, 0) is 0 Å². The third kappa shape index (κ3) is 2.16. The minimum Gasteiger partial charge on any atom is -0.475 e. The maximum absolute atomic E-state index is 5.74. The number of benzene rings is 1. The molecule has 0 heterocycles. The van der Waals surface area contributed by atoms with Crippen molar-refractivity contribution < 1.29 is 4.74 Å². The Hall–Kier alpha value is -0.110. The van der Waals surface area contributed by atoms with Gasteiger partial charge in [0.1, 0.15) is 0 Å². The second-order valence-electron chi connectivity index (χ2n) is 1.80. The molecule has 1 aromatic carbocycles. The van der Waals surface area contributed by atoms with Crippen LogP contribution in [0.15, 0.2) is 18.2 Å². The Morgan fingerprint density at radius 1 is 1.18 bits per heavy atom. The molecule has 0 unspecified atom stereocenters. The molecular weight excluding hydrogens is 206 g/mol. The van der Waals surface area contributed by atoms with Crippen molar-refractivity contribution in [2.75, 3.05) is 6.07 Å². The number of para-hydroxylation sites is 1. The largest absolute Gasteiger partial charge is 0.475 e. The highest BCUT2D eigenvalue weighted by Crippen LogP contribution is 2.32. The first-order valence-corrected chi connectivity index (χ1v) is 4.17. The smallest absolute Gasteiger partial charge is 0.162 e. The van der Waals surface area contributed by atoms with Gasteiger partial charge >= 0.3 is 0 Å². The average molecular weight is 211 g/mol. The molecule has 11 heavy (non-hydrogen) atoms. The van der Waals surface area contributed by atoms with Gasteiger partial charge in [0.2, 0.25) is 0 Å². The first-order valence-electron chi connectivity index (χ1n) is 2.88. The molecule has 0 radical (unpaired) electrons. The summed E-state index contributed by atoms with van der Waals surface area (Å²) in [4.78, 5) is 0. The summed E-state index contributed by atoms with van der Waals surface area (Å²) in [5.41, 5.74) is 0. The fraction of sp³-hybridized carbons (Fsp3) is 0.143. The molecule has 0 amide bonds. The van der Waals surface area contributed by atoms with Crippen LogP contribution in [0.3, 0.4) is 0 Å². The molecule has 0 bridgehead atoms. The summed E-state index contributed by atoms with van der Waals surface area (Å²) in [6.07, 6.45) is 0. The zero-order valence-electron chi connectivity index (χ0n) is 5.48. The molecule has 60 valence electrons. The fourth-order valence-corrected chi connectivity index (χ4v) is 1.29. The summed E-state index contributed by atoms with van der Waals surface area (Å²) in [5, 5.41) is 0.941. The quantitative estimate of drug-likeness (QED) is 0.680. The van der Waals surface area contributed by atoms with E-state index in [2.05, 4.69) is 0 Å². The summed E-state index contributed by atoms with van der Waals surface area (Å²) in [6, 6.07) is 5.17. The second kappa shape index (κ2) is 4.05. The van der Waals surface area contributed by atoms with E-state index in [0.717, 1.165) is 0 Å². The van der Waals surface area contributed by atoms with E-state index in [1.165, 1.54) is 0 Å². The molecule has 0 N–H and O–H groups in total. The van der Waals surface area contributed by atoms with E-state index >= 15 is 0 Å². The van der Waals surface area contributed by atoms with Gasteiger partial charge in [-0.05, 0) is 12.1 Å². The predicted octanol–water partition coefficient (Wildman–Crippen LogP) is 3.57. The summed E-state index contributed by atoms with van der Waals surface area (Å²) in [7, 11) is 0. The number of ether oxygens (including phenoxy) is 1. The maximum Gasteiger partial charge on any atom is 0.162 e. The lowest BCUT2D eigenvalue weighted by Gasteiger charge is -2.05. The zero-order chi connectivity index (χ0) is 8.27. The first kappa shape index (κ1) is 8.98. The van der Waals surface area contributed by atoms with Crippen LogP contribution in [0.25, 0.3) is 0 Å². The van der Waals surface area contributed by atoms with E-state index < -0.39 is 0 Å². The molecule has 0 saturated carbocycles. The van der Waals surface area contributed by atoms with Gasteiger partial charge < -0.3 is 4.74 Å². The van der Waals surface area contributed by atoms with Gasteiger partial charge in [0, 0.05) is 0 Å². The van der Waals surface area contributed by atoms with E-state index in [1.807, 2.05) is 0 Å². The number of hydrogen-bond donors (Lipinski definition) is 0. The van der Waals surface area contributed by atoms with Gasteiger partial charge in [-0.1, -0.05) is 40.9 Å². The van der Waals surface area contributed by atoms with Gasteiger partial charge in [0.25, 0.3) is 0 Å². The number of alkyl halides is 1. The van der Waals surface area contributed by atoms with Crippen LogP contribution >= 0.6 is 34.8 Å². The predicted molar refractivity (Wildman–Crippen MR) is 47.8 cm³/mol. The molecule has 1 nitrogen and oxygen atoms in total. The Balaban J connectivity index is 3.00. The van der Waals surface area contributed by atoms with E-state index in [4.69, 9.17) is 39.5 Å². The average Bonchev–Trinajstić information content (AvgIpc) is 1.97. The highest BCUT2D eigenvalue weighted by molar-refractivity contribution is 6.37. The monoisotopic (exact) mass is 210 g/mol. The summed E-state index contributed by atoms with van der Waals surface area (Å²) in [5.74, 6) is 0.436. The van der Waals surface area contributed by atoms with Gasteiger partial charge in [0.15, 0.2) is 11.8 Å². The van der Waals surface area contributed by atoms with Crippen LogP contribution < -0.4 is 4.74 Å². The molecule has 0 aliphatic heterocycles. The topological polar surface area (TPSA) is 9.23 Å². The molecule has 0 aliphatic carbocycles. The van der Waals surface area contributed by atoms with E-state index in [1.54, 1.807) is 18.2 Å². The lowest BCUT2D eigenvalue weighted by Crippen LogP contribution is -1.90. The number of rotatable bonds is 2. The van der Waals surface area contributed by atoms with Crippen molar-refractivity contribution in [2.45, 2.75) is 0 Å². The summed E-state index contributed by atoms with van der Waals surface area (Å²) in [6.45, 7) is 0. The molecule has 1 rings (SSSR count). The normalized spacial score (nSPS) is 9.73. The van der Waals surface area contributed by atoms with Crippen LogP contribution in [-0.4, -0.2) is 6.07 Å². The van der Waals surface area contributed by atoms with Crippen LogP contribution in [0.5, 0.6) is 5.75 Å².